The third-order valence-electron chi connectivity index (χ3n) is 4.55. The summed E-state index contributed by atoms with van der Waals surface area (Å²) in [6, 6.07) is 10.6. The van der Waals surface area contributed by atoms with Crippen LogP contribution in [0.4, 0.5) is 0 Å². The fourth-order valence-electron chi connectivity index (χ4n) is 3.17. The summed E-state index contributed by atoms with van der Waals surface area (Å²) in [5.74, 6) is 1.07. The molecule has 0 spiro atoms. The summed E-state index contributed by atoms with van der Waals surface area (Å²) in [7, 11) is 0. The Balaban J connectivity index is 0.00000156. The number of imidazole rings is 1. The van der Waals surface area contributed by atoms with E-state index in [-0.39, 0.29) is 42.7 Å². The normalized spacial score (nSPS) is 18.9. The van der Waals surface area contributed by atoms with Crippen LogP contribution in [0.25, 0.3) is 0 Å². The highest BCUT2D eigenvalue weighted by atomic mass is 35.5. The molecule has 2 atom stereocenters. The average Bonchev–Trinajstić information content (AvgIpc) is 3.20. The molecule has 3 rings (SSSR count). The zero-order chi connectivity index (χ0) is 16.1. The number of hydrogen-bond acceptors (Lipinski definition) is 3. The number of benzene rings is 1. The number of carbonyl (C=O) groups is 1. The Morgan fingerprint density at radius 2 is 2.00 bits per heavy atom. The first kappa shape index (κ1) is 21.5. The number of nitrogens with zero attached hydrogens (tertiary/aromatic N) is 2. The third kappa shape index (κ3) is 6.03. The van der Waals surface area contributed by atoms with Gasteiger partial charge in [0.05, 0.1) is 6.54 Å². The summed E-state index contributed by atoms with van der Waals surface area (Å²) in [5.41, 5.74) is 7.18. The van der Waals surface area contributed by atoms with Crippen molar-refractivity contribution in [2.24, 2.45) is 11.7 Å². The van der Waals surface area contributed by atoms with E-state index in [4.69, 9.17) is 5.73 Å². The summed E-state index contributed by atoms with van der Waals surface area (Å²) >= 11 is 0. The maximum atomic E-state index is 12.2. The van der Waals surface area contributed by atoms with Crippen LogP contribution < -0.4 is 11.1 Å². The Morgan fingerprint density at radius 1 is 1.24 bits per heavy atom. The summed E-state index contributed by atoms with van der Waals surface area (Å²) in [6.45, 7) is 1.34. The van der Waals surface area contributed by atoms with Crippen molar-refractivity contribution in [3.63, 3.8) is 0 Å². The molecule has 5 nitrogen and oxygen atoms in total. The minimum Gasteiger partial charge on any atom is -0.349 e. The molecule has 1 fully saturated rings. The van der Waals surface area contributed by atoms with E-state index in [1.54, 1.807) is 6.20 Å². The minimum absolute atomic E-state index is 0. The molecule has 138 valence electrons. The lowest BCUT2D eigenvalue weighted by molar-refractivity contribution is -0.125. The molecule has 0 bridgehead atoms. The molecular formula is C18H26Cl2N4O. The van der Waals surface area contributed by atoms with E-state index in [1.807, 2.05) is 12.3 Å². The van der Waals surface area contributed by atoms with Crippen LogP contribution in [-0.2, 0) is 24.3 Å². The van der Waals surface area contributed by atoms with Crippen LogP contribution in [0.15, 0.2) is 42.7 Å². The van der Waals surface area contributed by atoms with Gasteiger partial charge in [0.1, 0.15) is 5.82 Å². The lowest BCUT2D eigenvalue weighted by Crippen LogP contribution is -2.31. The second kappa shape index (κ2) is 10.4. The van der Waals surface area contributed by atoms with Crippen LogP contribution in [0.3, 0.4) is 0 Å². The molecular weight excluding hydrogens is 359 g/mol. The molecule has 2 aromatic rings. The highest BCUT2D eigenvalue weighted by Gasteiger charge is 2.27. The third-order valence-corrected chi connectivity index (χ3v) is 4.55. The van der Waals surface area contributed by atoms with E-state index in [1.165, 1.54) is 5.56 Å². The second-order valence-electron chi connectivity index (χ2n) is 6.26. The highest BCUT2D eigenvalue weighted by molar-refractivity contribution is 5.85. The van der Waals surface area contributed by atoms with E-state index in [9.17, 15) is 4.79 Å². The fraction of sp³-hybridized carbons (Fsp3) is 0.444. The van der Waals surface area contributed by atoms with Gasteiger partial charge < -0.3 is 15.6 Å². The predicted octanol–water partition coefficient (Wildman–Crippen LogP) is 2.71. The van der Waals surface area contributed by atoms with Gasteiger partial charge in [-0.25, -0.2) is 4.98 Å². The number of nitrogens with one attached hydrogen (secondary N) is 1. The lowest BCUT2D eigenvalue weighted by atomic mass is 10.1. The number of nitrogens with two attached hydrogens (primary N) is 1. The van der Waals surface area contributed by atoms with Crippen molar-refractivity contribution in [1.29, 1.82) is 0 Å². The van der Waals surface area contributed by atoms with Crippen molar-refractivity contribution >= 4 is 30.7 Å². The topological polar surface area (TPSA) is 72.9 Å². The van der Waals surface area contributed by atoms with Crippen molar-refractivity contribution in [1.82, 2.24) is 14.9 Å². The number of aromatic nitrogens is 2. The number of amides is 1. The predicted molar refractivity (Wildman–Crippen MR) is 104 cm³/mol. The van der Waals surface area contributed by atoms with Gasteiger partial charge in [0.25, 0.3) is 0 Å². The van der Waals surface area contributed by atoms with Crippen LogP contribution in [-0.4, -0.2) is 21.5 Å². The zero-order valence-electron chi connectivity index (χ0n) is 14.1. The van der Waals surface area contributed by atoms with Gasteiger partial charge in [0.2, 0.25) is 5.91 Å². The first-order chi connectivity index (χ1) is 11.2. The van der Waals surface area contributed by atoms with Gasteiger partial charge in [-0.15, -0.1) is 24.8 Å². The Hall–Kier alpha value is -1.56. The van der Waals surface area contributed by atoms with Crippen molar-refractivity contribution < 1.29 is 4.79 Å². The molecule has 0 saturated heterocycles. The largest absolute Gasteiger partial charge is 0.349 e. The quantitative estimate of drug-likeness (QED) is 0.803. The summed E-state index contributed by atoms with van der Waals surface area (Å²) in [6.07, 6.45) is 7.36. The van der Waals surface area contributed by atoms with Gasteiger partial charge in [0.15, 0.2) is 0 Å². The van der Waals surface area contributed by atoms with Gasteiger partial charge in [-0.1, -0.05) is 30.3 Å². The first-order valence-corrected chi connectivity index (χ1v) is 8.29. The molecule has 1 aliphatic carbocycles. The molecule has 7 heteroatoms. The molecule has 1 heterocycles. The molecule has 2 unspecified atom stereocenters. The molecule has 0 aliphatic heterocycles. The van der Waals surface area contributed by atoms with Crippen LogP contribution in [0, 0.1) is 5.92 Å². The Labute approximate surface area is 161 Å². The number of hydrogen-bond donors (Lipinski definition) is 2. The van der Waals surface area contributed by atoms with Gasteiger partial charge >= 0.3 is 0 Å². The number of carbonyl (C=O) groups excluding carboxylic acids is 1. The number of aryl methyl sites for hydroxylation is 2. The minimum atomic E-state index is 0. The molecule has 1 amide bonds. The standard InChI is InChI=1S/C18H24N4O.2ClH/c19-16-7-6-15(12-16)18(23)21-13-17-20-9-11-22(17)10-8-14-4-2-1-3-5-14;;/h1-5,9,11,15-16H,6-8,10,12-13,19H2,(H,21,23);2*1H. The molecule has 1 aromatic carbocycles. The Morgan fingerprint density at radius 3 is 2.68 bits per heavy atom. The molecule has 1 aliphatic rings. The summed E-state index contributed by atoms with van der Waals surface area (Å²) in [5, 5.41) is 3.01. The highest BCUT2D eigenvalue weighted by Crippen LogP contribution is 2.24. The molecule has 1 aromatic heterocycles. The Bertz CT molecular complexity index is 648. The molecule has 1 saturated carbocycles. The lowest BCUT2D eigenvalue weighted by Gasteiger charge is -2.12. The summed E-state index contributed by atoms with van der Waals surface area (Å²) < 4.78 is 2.10. The van der Waals surface area contributed by atoms with E-state index in [0.29, 0.717) is 6.54 Å². The van der Waals surface area contributed by atoms with Gasteiger partial charge in [-0.05, 0) is 31.2 Å². The Kier molecular flexibility index (Phi) is 8.97. The van der Waals surface area contributed by atoms with E-state index < -0.39 is 0 Å². The van der Waals surface area contributed by atoms with E-state index >= 15 is 0 Å². The van der Waals surface area contributed by atoms with Gasteiger partial charge in [-0.2, -0.15) is 0 Å². The van der Waals surface area contributed by atoms with Crippen molar-refractivity contribution in [3.05, 3.63) is 54.1 Å². The maximum absolute atomic E-state index is 12.2. The van der Waals surface area contributed by atoms with Crippen LogP contribution >= 0.6 is 24.8 Å². The van der Waals surface area contributed by atoms with Crippen molar-refractivity contribution in [2.45, 2.75) is 44.8 Å². The first-order valence-electron chi connectivity index (χ1n) is 8.29. The van der Waals surface area contributed by atoms with Crippen molar-refractivity contribution in [3.8, 4) is 0 Å². The average molecular weight is 385 g/mol. The molecule has 0 radical (unpaired) electrons. The van der Waals surface area contributed by atoms with Crippen LogP contribution in [0.2, 0.25) is 0 Å². The smallest absolute Gasteiger partial charge is 0.223 e. The van der Waals surface area contributed by atoms with Crippen molar-refractivity contribution in [2.75, 3.05) is 0 Å². The number of rotatable bonds is 6. The summed E-state index contributed by atoms with van der Waals surface area (Å²) in [4.78, 5) is 16.5. The maximum Gasteiger partial charge on any atom is 0.223 e. The van der Waals surface area contributed by atoms with E-state index in [2.05, 4.69) is 39.1 Å². The van der Waals surface area contributed by atoms with Gasteiger partial charge in [-0.3, -0.25) is 4.79 Å². The SMILES string of the molecule is Cl.Cl.NC1CCC(C(=O)NCc2nccn2CCc2ccccc2)C1. The molecule has 3 N–H and O–H groups in total. The van der Waals surface area contributed by atoms with Crippen LogP contribution in [0.1, 0.15) is 30.7 Å². The van der Waals surface area contributed by atoms with E-state index in [0.717, 1.165) is 38.1 Å². The molecule has 25 heavy (non-hydrogen) atoms. The van der Waals surface area contributed by atoms with Crippen LogP contribution in [0.5, 0.6) is 0 Å². The monoisotopic (exact) mass is 384 g/mol. The number of halogens is 2. The van der Waals surface area contributed by atoms with Gasteiger partial charge in [0, 0.05) is 30.9 Å². The second-order valence-corrected chi connectivity index (χ2v) is 6.26. The fourth-order valence-corrected chi connectivity index (χ4v) is 3.17. The zero-order valence-corrected chi connectivity index (χ0v) is 15.8.